The molecule has 0 aliphatic carbocycles. The summed E-state index contributed by atoms with van der Waals surface area (Å²) in [7, 11) is 2.00. The van der Waals surface area contributed by atoms with Crippen LogP contribution < -0.4 is 10.1 Å². The van der Waals surface area contributed by atoms with Gasteiger partial charge in [0.1, 0.15) is 5.75 Å². The topological polar surface area (TPSA) is 101 Å². The van der Waals surface area contributed by atoms with Crippen LogP contribution in [0.25, 0.3) is 22.2 Å². The van der Waals surface area contributed by atoms with Gasteiger partial charge in [-0.1, -0.05) is 37.9 Å². The molecule has 1 unspecified atom stereocenters. The van der Waals surface area contributed by atoms with Crippen molar-refractivity contribution in [2.75, 3.05) is 31.6 Å². The van der Waals surface area contributed by atoms with Gasteiger partial charge in [0.15, 0.2) is 5.90 Å². The molecule has 2 aliphatic heterocycles. The predicted molar refractivity (Wildman–Crippen MR) is 151 cm³/mol. The predicted octanol–water partition coefficient (Wildman–Crippen LogP) is 5.68. The molecule has 6 rings (SSSR count). The van der Waals surface area contributed by atoms with Crippen LogP contribution in [0.3, 0.4) is 0 Å². The van der Waals surface area contributed by atoms with Crippen LogP contribution >= 0.6 is 11.9 Å². The van der Waals surface area contributed by atoms with Crippen molar-refractivity contribution in [2.45, 2.75) is 31.4 Å². The van der Waals surface area contributed by atoms with Gasteiger partial charge in [0.2, 0.25) is 5.95 Å². The Morgan fingerprint density at radius 2 is 1.95 bits per heavy atom. The summed E-state index contributed by atoms with van der Waals surface area (Å²) in [6.07, 6.45) is 2.34. The summed E-state index contributed by atoms with van der Waals surface area (Å²) >= 11 is 1.78. The fraction of sp³-hybridized carbons (Fsp3) is 0.357. The maximum atomic E-state index is 8.25. The number of aromatic nitrogens is 4. The van der Waals surface area contributed by atoms with E-state index in [0.29, 0.717) is 24.0 Å². The first kappa shape index (κ1) is 24.8. The van der Waals surface area contributed by atoms with Crippen LogP contribution in [0.15, 0.2) is 48.7 Å². The zero-order valence-electron chi connectivity index (χ0n) is 21.8. The number of fused-ring (bicyclic) bond motifs is 2. The average Bonchev–Trinajstić information content (AvgIpc) is 3.24. The molecule has 4 heterocycles. The van der Waals surface area contributed by atoms with Gasteiger partial charge >= 0.3 is 0 Å². The lowest BCUT2D eigenvalue weighted by molar-refractivity contribution is 0.0770. The first-order chi connectivity index (χ1) is 18.4. The van der Waals surface area contributed by atoms with Crippen LogP contribution in [0.5, 0.6) is 5.75 Å². The molecule has 10 heteroatoms. The molecule has 0 spiro atoms. The second-order valence-electron chi connectivity index (χ2n) is 9.90. The molecule has 38 heavy (non-hydrogen) atoms. The van der Waals surface area contributed by atoms with E-state index in [1.165, 1.54) is 5.69 Å². The highest BCUT2D eigenvalue weighted by molar-refractivity contribution is 7.97. The number of anilines is 2. The number of rotatable bonds is 6. The van der Waals surface area contributed by atoms with Gasteiger partial charge in [-0.3, -0.25) is 10.1 Å². The molecule has 0 saturated carbocycles. The summed E-state index contributed by atoms with van der Waals surface area (Å²) in [5.74, 6) is 1.85. The number of morpholine rings is 1. The van der Waals surface area contributed by atoms with Crippen molar-refractivity contribution >= 4 is 40.4 Å². The molecule has 0 amide bonds. The number of aryl methyl sites for hydroxylation is 1. The van der Waals surface area contributed by atoms with Crippen molar-refractivity contribution in [3.8, 4) is 17.0 Å². The first-order valence-electron chi connectivity index (χ1n) is 12.9. The van der Waals surface area contributed by atoms with Crippen LogP contribution in [0.4, 0.5) is 11.6 Å². The maximum absolute atomic E-state index is 8.25. The third-order valence-electron chi connectivity index (χ3n) is 6.84. The summed E-state index contributed by atoms with van der Waals surface area (Å²) in [5.41, 5.74) is 5.96. The van der Waals surface area contributed by atoms with Gasteiger partial charge in [0.05, 0.1) is 29.7 Å². The highest BCUT2D eigenvalue weighted by atomic mass is 32.2. The third-order valence-corrected chi connectivity index (χ3v) is 8.18. The average molecular weight is 530 g/mol. The van der Waals surface area contributed by atoms with Gasteiger partial charge in [-0.2, -0.15) is 5.10 Å². The minimum Gasteiger partial charge on any atom is -0.443 e. The number of nitrogens with zero attached hydrogens (tertiary/aromatic N) is 5. The lowest BCUT2D eigenvalue weighted by Crippen LogP contribution is -2.32. The standard InChI is InChI=1S/C28H31N7O2S/c1-17(2)27-21-14-18(4-7-23(21)33-34(27)3)22-8-9-30-28(32-22)31-19-5-6-20-24(15-19)37-26(29)16-25(20)38-35-10-12-36-13-11-35/h4-9,14-15,17,25,29H,10-13,16H2,1-3H3,(H,30,31,32). The zero-order chi connectivity index (χ0) is 26.2. The first-order valence-corrected chi connectivity index (χ1v) is 13.7. The summed E-state index contributed by atoms with van der Waals surface area (Å²) in [6.45, 7) is 7.65. The number of hydrogen-bond donors (Lipinski definition) is 2. The quantitative estimate of drug-likeness (QED) is 0.308. The molecule has 0 bridgehead atoms. The Balaban J connectivity index is 1.24. The molecule has 2 aromatic heterocycles. The molecular formula is C28H31N7O2S. The molecule has 2 N–H and O–H groups in total. The normalized spacial score (nSPS) is 18.0. The van der Waals surface area contributed by atoms with Crippen LogP contribution in [0.1, 0.15) is 42.7 Å². The minimum atomic E-state index is 0.149. The molecule has 1 saturated heterocycles. The van der Waals surface area contributed by atoms with Crippen molar-refractivity contribution in [1.82, 2.24) is 24.1 Å². The lowest BCUT2D eigenvalue weighted by atomic mass is 10.0. The monoisotopic (exact) mass is 529 g/mol. The largest absolute Gasteiger partial charge is 0.443 e. The maximum Gasteiger partial charge on any atom is 0.227 e. The molecule has 1 fully saturated rings. The van der Waals surface area contributed by atoms with E-state index >= 15 is 0 Å². The summed E-state index contributed by atoms with van der Waals surface area (Å²) in [4.78, 5) is 9.24. The smallest absolute Gasteiger partial charge is 0.227 e. The number of hydrogen-bond acceptors (Lipinski definition) is 9. The molecule has 1 atom stereocenters. The Morgan fingerprint density at radius 1 is 1.11 bits per heavy atom. The van der Waals surface area contributed by atoms with Crippen molar-refractivity contribution in [1.29, 1.82) is 5.41 Å². The number of ether oxygens (including phenoxy) is 2. The van der Waals surface area contributed by atoms with Crippen LogP contribution in [0, 0.1) is 5.41 Å². The molecule has 4 aromatic rings. The van der Waals surface area contributed by atoms with E-state index in [1.807, 2.05) is 36.0 Å². The van der Waals surface area contributed by atoms with Crippen LogP contribution in [0.2, 0.25) is 0 Å². The van der Waals surface area contributed by atoms with Crippen molar-refractivity contribution < 1.29 is 9.47 Å². The SMILES string of the molecule is CC(C)c1c2cc(-c3ccnc(Nc4ccc5c(c4)OC(=N)CC5SN4CCOCC4)n3)ccc2nn1C. The van der Waals surface area contributed by atoms with Gasteiger partial charge in [-0.15, -0.1) is 0 Å². The molecular weight excluding hydrogens is 498 g/mol. The van der Waals surface area contributed by atoms with Crippen molar-refractivity contribution in [3.63, 3.8) is 0 Å². The summed E-state index contributed by atoms with van der Waals surface area (Å²) < 4.78 is 15.6. The Labute approximate surface area is 226 Å². The summed E-state index contributed by atoms with van der Waals surface area (Å²) in [5, 5.41) is 17.5. The van der Waals surface area contributed by atoms with Gasteiger partial charge < -0.3 is 14.8 Å². The second kappa shape index (κ2) is 10.4. The van der Waals surface area contributed by atoms with Crippen molar-refractivity contribution in [3.05, 3.63) is 59.9 Å². The fourth-order valence-electron chi connectivity index (χ4n) is 5.12. The van der Waals surface area contributed by atoms with Gasteiger partial charge in [-0.05, 0) is 30.2 Å². The van der Waals surface area contributed by atoms with Crippen LogP contribution in [-0.4, -0.2) is 56.3 Å². The lowest BCUT2D eigenvalue weighted by Gasteiger charge is -2.32. The van der Waals surface area contributed by atoms with Gasteiger partial charge in [-0.25, -0.2) is 14.3 Å². The third kappa shape index (κ3) is 4.99. The molecule has 0 radical (unpaired) electrons. The Bertz CT molecular complexity index is 1500. The second-order valence-corrected chi connectivity index (χ2v) is 11.2. The summed E-state index contributed by atoms with van der Waals surface area (Å²) in [6, 6.07) is 14.2. The van der Waals surface area contributed by atoms with E-state index in [0.717, 1.165) is 59.7 Å². The van der Waals surface area contributed by atoms with E-state index in [-0.39, 0.29) is 11.1 Å². The number of benzene rings is 2. The van der Waals surface area contributed by atoms with E-state index < -0.39 is 0 Å². The Morgan fingerprint density at radius 3 is 2.76 bits per heavy atom. The van der Waals surface area contributed by atoms with E-state index in [1.54, 1.807) is 18.1 Å². The molecule has 9 nitrogen and oxygen atoms in total. The van der Waals surface area contributed by atoms with E-state index in [2.05, 4.69) is 51.8 Å². The zero-order valence-corrected chi connectivity index (χ0v) is 22.6. The van der Waals surface area contributed by atoms with Crippen LogP contribution in [-0.2, 0) is 11.8 Å². The Hall–Kier alpha value is -3.47. The number of nitrogens with one attached hydrogen (secondary N) is 2. The van der Waals surface area contributed by atoms with Gasteiger partial charge in [0, 0.05) is 66.7 Å². The van der Waals surface area contributed by atoms with Crippen molar-refractivity contribution in [2.24, 2.45) is 7.05 Å². The molecule has 2 aliphatic rings. The highest BCUT2D eigenvalue weighted by Gasteiger charge is 2.28. The minimum absolute atomic E-state index is 0.149. The Kier molecular flexibility index (Phi) is 6.77. The van der Waals surface area contributed by atoms with E-state index in [9.17, 15) is 0 Å². The fourth-order valence-corrected chi connectivity index (χ4v) is 6.37. The molecule has 2 aromatic carbocycles. The van der Waals surface area contributed by atoms with E-state index in [4.69, 9.17) is 19.9 Å². The van der Waals surface area contributed by atoms with Gasteiger partial charge in [0.25, 0.3) is 0 Å². The molecule has 196 valence electrons. The highest BCUT2D eigenvalue weighted by Crippen LogP contribution is 2.44.